The number of ketones is 1. The lowest BCUT2D eigenvalue weighted by atomic mass is 9.94. The minimum Gasteiger partial charge on any atom is -0.481 e. The lowest BCUT2D eigenvalue weighted by Crippen LogP contribution is -2.42. The van der Waals surface area contributed by atoms with Crippen molar-refractivity contribution >= 4 is 29.3 Å². The van der Waals surface area contributed by atoms with Crippen molar-refractivity contribution in [3.05, 3.63) is 90.5 Å². The van der Waals surface area contributed by atoms with E-state index in [0.717, 1.165) is 11.1 Å². The van der Waals surface area contributed by atoms with Gasteiger partial charge in [-0.05, 0) is 30.2 Å². The highest BCUT2D eigenvalue weighted by Gasteiger charge is 2.26. The summed E-state index contributed by atoms with van der Waals surface area (Å²) in [7, 11) is 0. The fourth-order valence-electron chi connectivity index (χ4n) is 3.43. The van der Waals surface area contributed by atoms with Crippen LogP contribution in [0, 0.1) is 5.92 Å². The van der Waals surface area contributed by atoms with Crippen molar-refractivity contribution in [3.63, 3.8) is 0 Å². The maximum Gasteiger partial charge on any atom is 0.307 e. The van der Waals surface area contributed by atoms with Crippen LogP contribution in [0.5, 0.6) is 0 Å². The number of rotatable bonds is 10. The molecule has 3 aromatic carbocycles. The van der Waals surface area contributed by atoms with Crippen molar-refractivity contribution in [2.75, 3.05) is 5.32 Å². The number of carbonyl (C=O) groups is 4. The Bertz CT molecular complexity index is 1140. The summed E-state index contributed by atoms with van der Waals surface area (Å²) < 4.78 is 0. The molecule has 174 valence electrons. The number of nitrogens with one attached hydrogen (secondary N) is 2. The van der Waals surface area contributed by atoms with E-state index in [0.29, 0.717) is 11.3 Å². The van der Waals surface area contributed by atoms with Crippen molar-refractivity contribution in [2.45, 2.75) is 25.8 Å². The molecule has 0 aromatic heterocycles. The van der Waals surface area contributed by atoms with E-state index in [1.165, 1.54) is 6.92 Å². The Balaban J connectivity index is 1.56. The van der Waals surface area contributed by atoms with Crippen molar-refractivity contribution in [1.29, 1.82) is 0 Å². The predicted octanol–water partition coefficient (Wildman–Crippen LogP) is 4.16. The number of carboxylic acid groups (broad SMARTS) is 1. The number of hydrogen-bond acceptors (Lipinski definition) is 4. The second kappa shape index (κ2) is 11.6. The second-order valence-electron chi connectivity index (χ2n) is 7.95. The smallest absolute Gasteiger partial charge is 0.307 e. The summed E-state index contributed by atoms with van der Waals surface area (Å²) in [4.78, 5) is 49.0. The maximum atomic E-state index is 12.7. The van der Waals surface area contributed by atoms with Crippen molar-refractivity contribution in [1.82, 2.24) is 5.32 Å². The third kappa shape index (κ3) is 6.87. The monoisotopic (exact) mass is 458 g/mol. The van der Waals surface area contributed by atoms with Crippen LogP contribution in [-0.2, 0) is 14.4 Å². The average Bonchev–Trinajstić information content (AvgIpc) is 2.84. The molecular formula is C27H26N2O5. The maximum absolute atomic E-state index is 12.7. The molecule has 3 aromatic rings. The largest absolute Gasteiger partial charge is 0.481 e. The van der Waals surface area contributed by atoms with Crippen LogP contribution in [0.2, 0.25) is 0 Å². The molecule has 0 radical (unpaired) electrons. The highest BCUT2D eigenvalue weighted by Crippen LogP contribution is 2.21. The van der Waals surface area contributed by atoms with Gasteiger partial charge in [0.15, 0.2) is 5.78 Å². The highest BCUT2D eigenvalue weighted by molar-refractivity contribution is 6.00. The van der Waals surface area contributed by atoms with Crippen LogP contribution in [-0.4, -0.2) is 34.7 Å². The molecule has 3 rings (SSSR count). The normalized spacial score (nSPS) is 12.3. The first-order valence-corrected chi connectivity index (χ1v) is 10.9. The Hall–Kier alpha value is -4.26. The quantitative estimate of drug-likeness (QED) is 0.395. The Morgan fingerprint density at radius 2 is 1.32 bits per heavy atom. The molecule has 0 saturated carbocycles. The van der Waals surface area contributed by atoms with Gasteiger partial charge in [-0.2, -0.15) is 0 Å². The number of carbonyl (C=O) groups excluding carboxylic acids is 3. The molecule has 0 aliphatic rings. The number of hydrogen-bond donors (Lipinski definition) is 3. The third-order valence-corrected chi connectivity index (χ3v) is 5.34. The molecule has 2 amide bonds. The first-order valence-electron chi connectivity index (χ1n) is 10.9. The Labute approximate surface area is 197 Å². The van der Waals surface area contributed by atoms with Gasteiger partial charge in [0.25, 0.3) is 0 Å². The molecule has 2 atom stereocenters. The molecule has 0 aliphatic carbocycles. The SMILES string of the molecule is C[C@H](NC(=O)CC(CC(=O)c1ccc(-c2ccccc2)cc1)C(=O)O)C(=O)Nc1ccccc1. The molecule has 34 heavy (non-hydrogen) atoms. The summed E-state index contributed by atoms with van der Waals surface area (Å²) in [5, 5.41) is 14.7. The molecule has 0 spiro atoms. The number of benzene rings is 3. The summed E-state index contributed by atoms with van der Waals surface area (Å²) in [5.74, 6) is -3.86. The van der Waals surface area contributed by atoms with E-state index in [9.17, 15) is 24.3 Å². The van der Waals surface area contributed by atoms with E-state index < -0.39 is 36.2 Å². The van der Waals surface area contributed by atoms with E-state index in [2.05, 4.69) is 10.6 Å². The van der Waals surface area contributed by atoms with Crippen LogP contribution < -0.4 is 10.6 Å². The van der Waals surface area contributed by atoms with Gasteiger partial charge in [0.1, 0.15) is 6.04 Å². The number of para-hydroxylation sites is 1. The van der Waals surface area contributed by atoms with Crippen LogP contribution in [0.25, 0.3) is 11.1 Å². The van der Waals surface area contributed by atoms with Crippen LogP contribution in [0.3, 0.4) is 0 Å². The van der Waals surface area contributed by atoms with Crippen molar-refractivity contribution < 1.29 is 24.3 Å². The third-order valence-electron chi connectivity index (χ3n) is 5.34. The summed E-state index contributed by atoms with van der Waals surface area (Å²) in [6.07, 6.45) is -0.732. The van der Waals surface area contributed by atoms with Gasteiger partial charge in [-0.15, -0.1) is 0 Å². The molecule has 0 bridgehead atoms. The van der Waals surface area contributed by atoms with Gasteiger partial charge >= 0.3 is 5.97 Å². The van der Waals surface area contributed by atoms with Gasteiger partial charge in [-0.3, -0.25) is 19.2 Å². The van der Waals surface area contributed by atoms with Gasteiger partial charge in [0, 0.05) is 24.1 Å². The lowest BCUT2D eigenvalue weighted by Gasteiger charge is -2.16. The highest BCUT2D eigenvalue weighted by atomic mass is 16.4. The minimum absolute atomic E-state index is 0.321. The van der Waals surface area contributed by atoms with Crippen molar-refractivity contribution in [3.8, 4) is 11.1 Å². The zero-order valence-electron chi connectivity index (χ0n) is 18.7. The van der Waals surface area contributed by atoms with Gasteiger partial charge in [-0.25, -0.2) is 0 Å². The van der Waals surface area contributed by atoms with E-state index in [-0.39, 0.29) is 12.2 Å². The summed E-state index contributed by atoms with van der Waals surface area (Å²) in [6.45, 7) is 1.51. The Kier molecular flexibility index (Phi) is 8.29. The Morgan fingerprint density at radius 1 is 0.765 bits per heavy atom. The number of Topliss-reactive ketones (excluding diaryl/α,β-unsaturated/α-hetero) is 1. The lowest BCUT2D eigenvalue weighted by molar-refractivity contribution is -0.144. The van der Waals surface area contributed by atoms with Crippen LogP contribution in [0.15, 0.2) is 84.9 Å². The van der Waals surface area contributed by atoms with E-state index in [4.69, 9.17) is 0 Å². The zero-order valence-corrected chi connectivity index (χ0v) is 18.7. The first-order chi connectivity index (χ1) is 16.3. The van der Waals surface area contributed by atoms with Crippen molar-refractivity contribution in [2.24, 2.45) is 5.92 Å². The van der Waals surface area contributed by atoms with Crippen LogP contribution in [0.1, 0.15) is 30.1 Å². The van der Waals surface area contributed by atoms with Gasteiger partial charge < -0.3 is 15.7 Å². The molecule has 0 aliphatic heterocycles. The Morgan fingerprint density at radius 3 is 1.91 bits per heavy atom. The molecule has 1 unspecified atom stereocenters. The van der Waals surface area contributed by atoms with E-state index >= 15 is 0 Å². The van der Waals surface area contributed by atoms with E-state index in [1.807, 2.05) is 36.4 Å². The first kappa shape index (κ1) is 24.4. The topological polar surface area (TPSA) is 113 Å². The standard InChI is InChI=1S/C27H26N2O5/c1-18(26(32)29-23-10-6-3-7-11-23)28-25(31)17-22(27(33)34)16-24(30)21-14-12-20(13-15-21)19-8-4-2-5-9-19/h2-15,18,22H,16-17H2,1H3,(H,28,31)(H,29,32)(H,33,34)/t18-,22?/m0/s1. The summed E-state index contributed by atoms with van der Waals surface area (Å²) in [5.41, 5.74) is 2.91. The molecule has 7 heteroatoms. The number of amides is 2. The molecule has 3 N–H and O–H groups in total. The predicted molar refractivity (Wildman–Crippen MR) is 129 cm³/mol. The summed E-state index contributed by atoms with van der Waals surface area (Å²) >= 11 is 0. The molecule has 0 saturated heterocycles. The molecule has 0 heterocycles. The number of carboxylic acids is 1. The second-order valence-corrected chi connectivity index (χ2v) is 7.95. The fourth-order valence-corrected chi connectivity index (χ4v) is 3.43. The van der Waals surface area contributed by atoms with Crippen LogP contribution >= 0.6 is 0 Å². The number of aliphatic carboxylic acids is 1. The van der Waals surface area contributed by atoms with Gasteiger partial charge in [0.2, 0.25) is 11.8 Å². The molecular weight excluding hydrogens is 432 g/mol. The average molecular weight is 459 g/mol. The van der Waals surface area contributed by atoms with E-state index in [1.54, 1.807) is 48.5 Å². The van der Waals surface area contributed by atoms with Crippen LogP contribution in [0.4, 0.5) is 5.69 Å². The molecule has 0 fully saturated rings. The fraction of sp³-hybridized carbons (Fsp3) is 0.185. The van der Waals surface area contributed by atoms with Gasteiger partial charge in [-0.1, -0.05) is 72.8 Å². The number of anilines is 1. The summed E-state index contributed by atoms with van der Waals surface area (Å²) in [6, 6.07) is 24.5. The molecule has 7 nitrogen and oxygen atoms in total. The van der Waals surface area contributed by atoms with Gasteiger partial charge in [0.05, 0.1) is 5.92 Å². The zero-order chi connectivity index (χ0) is 24.5. The minimum atomic E-state index is -1.24.